The molecular formula is C16H25NO2. The lowest BCUT2D eigenvalue weighted by Gasteiger charge is -2.27. The molecule has 1 aliphatic rings. The van der Waals surface area contributed by atoms with E-state index in [0.717, 1.165) is 17.7 Å². The van der Waals surface area contributed by atoms with Gasteiger partial charge in [0, 0.05) is 12.5 Å². The van der Waals surface area contributed by atoms with Crippen LogP contribution in [-0.4, -0.2) is 17.3 Å². The molecule has 0 aromatic heterocycles. The molecular weight excluding hydrogens is 238 g/mol. The smallest absolute Gasteiger partial charge is 0.130 e. The fraction of sp³-hybridized carbons (Fsp3) is 0.625. The second-order valence-corrected chi connectivity index (χ2v) is 6.64. The first-order valence-corrected chi connectivity index (χ1v) is 6.92. The van der Waals surface area contributed by atoms with Gasteiger partial charge in [-0.15, -0.1) is 0 Å². The highest BCUT2D eigenvalue weighted by Crippen LogP contribution is 2.39. The molecule has 0 radical (unpaired) electrons. The fourth-order valence-corrected chi connectivity index (χ4v) is 2.73. The van der Waals surface area contributed by atoms with Gasteiger partial charge in [-0.1, -0.05) is 12.1 Å². The van der Waals surface area contributed by atoms with Crippen LogP contribution in [0.5, 0.6) is 5.75 Å². The summed E-state index contributed by atoms with van der Waals surface area (Å²) in [6, 6.07) is 8.03. The molecule has 0 spiro atoms. The van der Waals surface area contributed by atoms with Gasteiger partial charge in [0.05, 0.1) is 5.60 Å². The van der Waals surface area contributed by atoms with E-state index in [9.17, 15) is 0 Å². The minimum absolute atomic E-state index is 0.0211. The van der Waals surface area contributed by atoms with Crippen LogP contribution in [0.3, 0.4) is 0 Å². The number of hydrogen-bond acceptors (Lipinski definition) is 3. The predicted molar refractivity (Wildman–Crippen MR) is 77.3 cm³/mol. The van der Waals surface area contributed by atoms with E-state index in [1.807, 2.05) is 31.2 Å². The summed E-state index contributed by atoms with van der Waals surface area (Å²) in [4.78, 5) is 0. The Morgan fingerprint density at radius 3 is 2.53 bits per heavy atom. The van der Waals surface area contributed by atoms with E-state index in [0.29, 0.717) is 0 Å². The van der Waals surface area contributed by atoms with Gasteiger partial charge in [0.2, 0.25) is 0 Å². The molecule has 2 rings (SSSR count). The molecule has 2 atom stereocenters. The zero-order valence-electron chi connectivity index (χ0n) is 12.6. The van der Waals surface area contributed by atoms with Gasteiger partial charge in [0.25, 0.3) is 0 Å². The lowest BCUT2D eigenvalue weighted by atomic mass is 9.97. The molecule has 1 heterocycles. The first-order valence-electron chi connectivity index (χ1n) is 6.92. The van der Waals surface area contributed by atoms with Gasteiger partial charge in [0.15, 0.2) is 0 Å². The SMILES string of the molecule is C[C@@H](N)c1cccc(OC2CC(C)(C)OC2(C)C)c1. The fourth-order valence-electron chi connectivity index (χ4n) is 2.73. The molecule has 3 nitrogen and oxygen atoms in total. The average molecular weight is 263 g/mol. The zero-order valence-corrected chi connectivity index (χ0v) is 12.6. The Labute approximate surface area is 116 Å². The topological polar surface area (TPSA) is 44.5 Å². The Balaban J connectivity index is 2.15. The Hall–Kier alpha value is -1.06. The molecule has 1 unspecified atom stereocenters. The molecule has 1 aromatic rings. The van der Waals surface area contributed by atoms with Gasteiger partial charge >= 0.3 is 0 Å². The summed E-state index contributed by atoms with van der Waals surface area (Å²) >= 11 is 0. The average Bonchev–Trinajstić information content (AvgIpc) is 2.47. The quantitative estimate of drug-likeness (QED) is 0.908. The largest absolute Gasteiger partial charge is 0.487 e. The molecule has 0 aliphatic carbocycles. The summed E-state index contributed by atoms with van der Waals surface area (Å²) < 4.78 is 12.2. The van der Waals surface area contributed by atoms with E-state index in [-0.39, 0.29) is 23.3 Å². The van der Waals surface area contributed by atoms with E-state index >= 15 is 0 Å². The molecule has 0 amide bonds. The number of nitrogens with two attached hydrogens (primary N) is 1. The molecule has 2 N–H and O–H groups in total. The van der Waals surface area contributed by atoms with Crippen LogP contribution in [0, 0.1) is 0 Å². The highest BCUT2D eigenvalue weighted by Gasteiger charge is 2.47. The monoisotopic (exact) mass is 263 g/mol. The highest BCUT2D eigenvalue weighted by molar-refractivity contribution is 5.30. The molecule has 1 saturated heterocycles. The van der Waals surface area contributed by atoms with E-state index in [2.05, 4.69) is 27.7 Å². The van der Waals surface area contributed by atoms with Crippen molar-refractivity contribution in [1.82, 2.24) is 0 Å². The Morgan fingerprint density at radius 1 is 1.32 bits per heavy atom. The number of benzene rings is 1. The molecule has 1 aromatic carbocycles. The predicted octanol–water partition coefficient (Wildman–Crippen LogP) is 3.43. The zero-order chi connectivity index (χ0) is 14.3. The van der Waals surface area contributed by atoms with Crippen LogP contribution < -0.4 is 10.5 Å². The molecule has 1 aliphatic heterocycles. The number of rotatable bonds is 3. The van der Waals surface area contributed by atoms with Crippen molar-refractivity contribution in [2.45, 2.75) is 64.4 Å². The standard InChI is InChI=1S/C16H25NO2/c1-11(17)12-7-6-8-13(9-12)18-14-10-15(2,3)19-16(14,4)5/h6-9,11,14H,10,17H2,1-5H3/t11-,14?/m1/s1. The van der Waals surface area contributed by atoms with Crippen LogP contribution in [0.2, 0.25) is 0 Å². The summed E-state index contributed by atoms with van der Waals surface area (Å²) in [5.74, 6) is 0.870. The van der Waals surface area contributed by atoms with Crippen LogP contribution in [0.25, 0.3) is 0 Å². The van der Waals surface area contributed by atoms with Crippen molar-refractivity contribution in [3.63, 3.8) is 0 Å². The first kappa shape index (κ1) is 14.4. The van der Waals surface area contributed by atoms with Crippen molar-refractivity contribution in [2.24, 2.45) is 5.73 Å². The third-order valence-electron chi connectivity index (χ3n) is 3.65. The first-order chi connectivity index (χ1) is 8.70. The molecule has 3 heteroatoms. The van der Waals surface area contributed by atoms with Crippen LogP contribution in [0.1, 0.15) is 52.6 Å². The van der Waals surface area contributed by atoms with Crippen molar-refractivity contribution in [1.29, 1.82) is 0 Å². The van der Waals surface area contributed by atoms with Crippen LogP contribution >= 0.6 is 0 Å². The van der Waals surface area contributed by atoms with Gasteiger partial charge < -0.3 is 15.2 Å². The normalized spacial score (nSPS) is 26.1. The summed E-state index contributed by atoms with van der Waals surface area (Å²) in [5.41, 5.74) is 6.60. The Kier molecular flexibility index (Phi) is 3.63. The lowest BCUT2D eigenvalue weighted by Crippen LogP contribution is -2.36. The highest BCUT2D eigenvalue weighted by atomic mass is 16.6. The van der Waals surface area contributed by atoms with Gasteiger partial charge in [-0.3, -0.25) is 0 Å². The van der Waals surface area contributed by atoms with Crippen LogP contribution in [0.15, 0.2) is 24.3 Å². The van der Waals surface area contributed by atoms with Crippen LogP contribution in [0.4, 0.5) is 0 Å². The number of ether oxygens (including phenoxy) is 2. The molecule has 0 bridgehead atoms. The van der Waals surface area contributed by atoms with E-state index in [4.69, 9.17) is 15.2 Å². The third kappa shape index (κ3) is 3.28. The summed E-state index contributed by atoms with van der Waals surface area (Å²) in [6.45, 7) is 10.4. The maximum atomic E-state index is 6.14. The molecule has 19 heavy (non-hydrogen) atoms. The van der Waals surface area contributed by atoms with E-state index < -0.39 is 0 Å². The minimum Gasteiger partial charge on any atom is -0.487 e. The second kappa shape index (κ2) is 4.80. The number of hydrogen-bond donors (Lipinski definition) is 1. The van der Waals surface area contributed by atoms with Crippen molar-refractivity contribution in [3.05, 3.63) is 29.8 Å². The van der Waals surface area contributed by atoms with Crippen molar-refractivity contribution < 1.29 is 9.47 Å². The van der Waals surface area contributed by atoms with E-state index in [1.54, 1.807) is 0 Å². The van der Waals surface area contributed by atoms with E-state index in [1.165, 1.54) is 0 Å². The van der Waals surface area contributed by atoms with Gasteiger partial charge in [-0.25, -0.2) is 0 Å². The molecule has 106 valence electrons. The lowest BCUT2D eigenvalue weighted by molar-refractivity contribution is -0.0846. The molecule has 1 fully saturated rings. The second-order valence-electron chi connectivity index (χ2n) is 6.64. The van der Waals surface area contributed by atoms with Gasteiger partial charge in [0.1, 0.15) is 17.5 Å². The molecule has 0 saturated carbocycles. The Bertz CT molecular complexity index is 452. The van der Waals surface area contributed by atoms with Crippen molar-refractivity contribution >= 4 is 0 Å². The third-order valence-corrected chi connectivity index (χ3v) is 3.65. The summed E-state index contributed by atoms with van der Waals surface area (Å²) in [5, 5.41) is 0. The Morgan fingerprint density at radius 2 is 2.00 bits per heavy atom. The maximum Gasteiger partial charge on any atom is 0.130 e. The maximum absolute atomic E-state index is 6.14. The van der Waals surface area contributed by atoms with Crippen molar-refractivity contribution in [3.8, 4) is 5.75 Å². The minimum atomic E-state index is -0.270. The van der Waals surface area contributed by atoms with Gasteiger partial charge in [-0.05, 0) is 52.3 Å². The summed E-state index contributed by atoms with van der Waals surface area (Å²) in [6.07, 6.45) is 0.952. The van der Waals surface area contributed by atoms with Gasteiger partial charge in [-0.2, -0.15) is 0 Å². The van der Waals surface area contributed by atoms with Crippen LogP contribution in [-0.2, 0) is 4.74 Å². The summed E-state index contributed by atoms with van der Waals surface area (Å²) in [7, 11) is 0. The van der Waals surface area contributed by atoms with Crippen molar-refractivity contribution in [2.75, 3.05) is 0 Å².